The van der Waals surface area contributed by atoms with Crippen LogP contribution in [0.1, 0.15) is 16.7 Å². The lowest BCUT2D eigenvalue weighted by molar-refractivity contribution is -0.130. The Morgan fingerprint density at radius 3 is 2.50 bits per heavy atom. The summed E-state index contributed by atoms with van der Waals surface area (Å²) in [7, 11) is 0. The van der Waals surface area contributed by atoms with E-state index in [1.807, 2.05) is 67.6 Å². The summed E-state index contributed by atoms with van der Waals surface area (Å²) in [5, 5.41) is 0. The van der Waals surface area contributed by atoms with Gasteiger partial charge < -0.3 is 4.74 Å². The first-order chi connectivity index (χ1) is 10.7. The molecule has 1 heterocycles. The predicted molar refractivity (Wildman–Crippen MR) is 87.4 cm³/mol. The number of hydrogen-bond acceptors (Lipinski definition) is 3. The lowest BCUT2D eigenvalue weighted by Crippen LogP contribution is -2.06. The summed E-state index contributed by atoms with van der Waals surface area (Å²) in [4.78, 5) is 16.2. The van der Waals surface area contributed by atoms with Crippen LogP contribution in [-0.2, 0) is 9.53 Å². The van der Waals surface area contributed by atoms with Crippen molar-refractivity contribution in [3.05, 3.63) is 89.1 Å². The first-order valence-corrected chi connectivity index (χ1v) is 7.04. The van der Waals surface area contributed by atoms with Gasteiger partial charge in [0.25, 0.3) is 0 Å². The van der Waals surface area contributed by atoms with Crippen molar-refractivity contribution in [1.82, 2.24) is 0 Å². The molecule has 0 fully saturated rings. The first kappa shape index (κ1) is 14.0. The minimum absolute atomic E-state index is 0.311. The fourth-order valence-electron chi connectivity index (χ4n) is 2.17. The molecular weight excluding hydrogens is 274 g/mol. The summed E-state index contributed by atoms with van der Waals surface area (Å²) in [6.07, 6.45) is 5.39. The normalized spacial score (nSPS) is 16.1. The van der Waals surface area contributed by atoms with Gasteiger partial charge in [0.05, 0.1) is 0 Å². The number of aliphatic imine (C=N–C) groups is 1. The van der Waals surface area contributed by atoms with E-state index >= 15 is 0 Å². The molecule has 0 bridgehead atoms. The molecule has 2 aromatic carbocycles. The second kappa shape index (κ2) is 6.22. The number of aryl methyl sites for hydroxylation is 1. The first-order valence-electron chi connectivity index (χ1n) is 7.04. The molecule has 0 spiro atoms. The molecule has 0 saturated carbocycles. The molecule has 3 rings (SSSR count). The van der Waals surface area contributed by atoms with Gasteiger partial charge in [-0.1, -0.05) is 60.7 Å². The van der Waals surface area contributed by atoms with Crippen LogP contribution < -0.4 is 0 Å². The van der Waals surface area contributed by atoms with Crippen molar-refractivity contribution in [3.63, 3.8) is 0 Å². The van der Waals surface area contributed by atoms with Crippen LogP contribution >= 0.6 is 0 Å². The SMILES string of the molecule is Cc1ccccc1C1=NC(=CC=Cc2ccccc2)C(=O)O1. The van der Waals surface area contributed by atoms with Gasteiger partial charge in [0, 0.05) is 5.56 Å². The Morgan fingerprint density at radius 2 is 1.73 bits per heavy atom. The van der Waals surface area contributed by atoms with Gasteiger partial charge in [-0.25, -0.2) is 9.79 Å². The van der Waals surface area contributed by atoms with Crippen LogP contribution in [0.4, 0.5) is 0 Å². The van der Waals surface area contributed by atoms with Gasteiger partial charge in [-0.05, 0) is 30.2 Å². The quantitative estimate of drug-likeness (QED) is 0.635. The molecule has 1 aliphatic heterocycles. The lowest BCUT2D eigenvalue weighted by Gasteiger charge is -2.02. The summed E-state index contributed by atoms with van der Waals surface area (Å²) in [6.45, 7) is 1.96. The third kappa shape index (κ3) is 3.04. The largest absolute Gasteiger partial charge is 0.402 e. The maximum absolute atomic E-state index is 11.9. The highest BCUT2D eigenvalue weighted by Crippen LogP contribution is 2.18. The van der Waals surface area contributed by atoms with E-state index in [0.717, 1.165) is 16.7 Å². The third-order valence-corrected chi connectivity index (χ3v) is 3.34. The van der Waals surface area contributed by atoms with Crippen LogP contribution in [0.5, 0.6) is 0 Å². The second-order valence-electron chi connectivity index (χ2n) is 4.94. The van der Waals surface area contributed by atoms with Crippen molar-refractivity contribution >= 4 is 17.9 Å². The molecule has 0 unspecified atom stereocenters. The summed E-state index contributed by atoms with van der Waals surface area (Å²) < 4.78 is 5.25. The molecule has 108 valence electrons. The number of allylic oxidation sites excluding steroid dienone is 2. The molecule has 2 aromatic rings. The maximum Gasteiger partial charge on any atom is 0.363 e. The molecule has 0 saturated heterocycles. The molecule has 0 aromatic heterocycles. The fraction of sp³-hybridized carbons (Fsp3) is 0.0526. The second-order valence-corrected chi connectivity index (χ2v) is 4.94. The highest BCUT2D eigenvalue weighted by Gasteiger charge is 2.24. The average molecular weight is 289 g/mol. The van der Waals surface area contributed by atoms with Gasteiger partial charge >= 0.3 is 5.97 Å². The Balaban J connectivity index is 1.83. The zero-order chi connectivity index (χ0) is 15.4. The topological polar surface area (TPSA) is 38.7 Å². The number of rotatable bonds is 3. The van der Waals surface area contributed by atoms with Gasteiger partial charge in [-0.15, -0.1) is 0 Å². The van der Waals surface area contributed by atoms with Crippen molar-refractivity contribution < 1.29 is 9.53 Å². The number of carbonyl (C=O) groups is 1. The Kier molecular flexibility index (Phi) is 3.97. The van der Waals surface area contributed by atoms with Crippen LogP contribution in [0.2, 0.25) is 0 Å². The van der Waals surface area contributed by atoms with E-state index in [-0.39, 0.29) is 0 Å². The molecule has 0 N–H and O–H groups in total. The summed E-state index contributed by atoms with van der Waals surface area (Å²) in [6, 6.07) is 17.6. The molecule has 3 nitrogen and oxygen atoms in total. The Labute approximate surface area is 129 Å². The fourth-order valence-corrected chi connectivity index (χ4v) is 2.17. The molecule has 0 radical (unpaired) electrons. The number of carbonyl (C=O) groups excluding carboxylic acids is 1. The molecule has 0 atom stereocenters. The van der Waals surface area contributed by atoms with E-state index in [9.17, 15) is 4.79 Å². The smallest absolute Gasteiger partial charge is 0.363 e. The van der Waals surface area contributed by atoms with Crippen molar-refractivity contribution in [2.45, 2.75) is 6.92 Å². The summed E-state index contributed by atoms with van der Waals surface area (Å²) in [5.74, 6) is -0.0570. The third-order valence-electron chi connectivity index (χ3n) is 3.34. The Bertz CT molecular complexity index is 786. The summed E-state index contributed by atoms with van der Waals surface area (Å²) >= 11 is 0. The standard InChI is InChI=1S/C19H15NO2/c1-14-8-5-6-12-16(14)18-20-17(19(21)22-18)13-7-11-15-9-3-2-4-10-15/h2-13H,1H3. The minimum Gasteiger partial charge on any atom is -0.402 e. The number of benzene rings is 2. The number of esters is 1. The van der Waals surface area contributed by atoms with E-state index in [2.05, 4.69) is 4.99 Å². The van der Waals surface area contributed by atoms with Gasteiger partial charge in [-0.3, -0.25) is 0 Å². The van der Waals surface area contributed by atoms with Gasteiger partial charge in [0.1, 0.15) is 0 Å². The Hall–Kier alpha value is -2.94. The van der Waals surface area contributed by atoms with Crippen molar-refractivity contribution in [2.75, 3.05) is 0 Å². The summed E-state index contributed by atoms with van der Waals surface area (Å²) in [5.41, 5.74) is 3.24. The van der Waals surface area contributed by atoms with E-state index in [1.165, 1.54) is 0 Å². The zero-order valence-electron chi connectivity index (χ0n) is 12.2. The number of nitrogens with zero attached hydrogens (tertiary/aromatic N) is 1. The van der Waals surface area contributed by atoms with Crippen molar-refractivity contribution in [2.24, 2.45) is 4.99 Å². The van der Waals surface area contributed by atoms with Gasteiger partial charge in [-0.2, -0.15) is 0 Å². The van der Waals surface area contributed by atoms with Crippen LogP contribution in [0.3, 0.4) is 0 Å². The van der Waals surface area contributed by atoms with Crippen LogP contribution in [0.25, 0.3) is 6.08 Å². The molecule has 0 aliphatic carbocycles. The van der Waals surface area contributed by atoms with Crippen LogP contribution in [-0.4, -0.2) is 11.9 Å². The maximum atomic E-state index is 11.9. The van der Waals surface area contributed by atoms with Crippen molar-refractivity contribution in [3.8, 4) is 0 Å². The Morgan fingerprint density at radius 1 is 1.00 bits per heavy atom. The van der Waals surface area contributed by atoms with Gasteiger partial charge in [0.15, 0.2) is 5.70 Å². The highest BCUT2D eigenvalue weighted by atomic mass is 16.6. The number of hydrogen-bond donors (Lipinski definition) is 0. The van der Waals surface area contributed by atoms with Crippen LogP contribution in [0, 0.1) is 6.92 Å². The predicted octanol–water partition coefficient (Wildman–Crippen LogP) is 3.90. The molecular formula is C19H15NO2. The van der Waals surface area contributed by atoms with Crippen molar-refractivity contribution in [1.29, 1.82) is 0 Å². The van der Waals surface area contributed by atoms with E-state index < -0.39 is 5.97 Å². The molecule has 0 amide bonds. The molecule has 22 heavy (non-hydrogen) atoms. The van der Waals surface area contributed by atoms with Gasteiger partial charge in [0.2, 0.25) is 5.90 Å². The lowest BCUT2D eigenvalue weighted by atomic mass is 10.1. The molecule has 1 aliphatic rings. The highest BCUT2D eigenvalue weighted by molar-refractivity contribution is 6.11. The van der Waals surface area contributed by atoms with E-state index in [0.29, 0.717) is 11.6 Å². The monoisotopic (exact) mass is 289 g/mol. The number of cyclic esters (lactones) is 1. The minimum atomic E-state index is -0.420. The zero-order valence-corrected chi connectivity index (χ0v) is 12.2. The van der Waals surface area contributed by atoms with E-state index in [4.69, 9.17) is 4.74 Å². The average Bonchev–Trinajstić information content (AvgIpc) is 2.90. The van der Waals surface area contributed by atoms with Crippen LogP contribution in [0.15, 0.2) is 77.4 Å². The molecule has 3 heteroatoms. The number of ether oxygens (including phenoxy) is 1. The van der Waals surface area contributed by atoms with E-state index in [1.54, 1.807) is 12.2 Å².